The Morgan fingerprint density at radius 3 is 2.57 bits per heavy atom. The first-order chi connectivity index (χ1) is 29.4. The van der Waals surface area contributed by atoms with Crippen molar-refractivity contribution in [3.63, 3.8) is 0 Å². The maximum Gasteiger partial charge on any atom is 0.695 e. The van der Waals surface area contributed by atoms with Crippen LogP contribution in [-0.4, -0.2) is 105 Å². The molecule has 6 heterocycles. The highest BCUT2D eigenvalue weighted by Crippen LogP contribution is 2.50. The highest BCUT2D eigenvalue weighted by atomic mass is 31.2. The number of fused-ring (bicyclic) bond motifs is 2. The molecule has 2 aliphatic rings. The van der Waals surface area contributed by atoms with Gasteiger partial charge in [0, 0.05) is 33.4 Å². The minimum Gasteiger partial charge on any atom is -0.394 e. The Morgan fingerprint density at radius 1 is 1.07 bits per heavy atom. The summed E-state index contributed by atoms with van der Waals surface area (Å²) < 4.78 is 51.6. The molecule has 61 heavy (non-hydrogen) atoms. The topological polar surface area (TPSA) is 302 Å². The zero-order valence-electron chi connectivity index (χ0n) is 33.1. The number of hydrogen-bond donors (Lipinski definition) is 5. The number of imidazole rings is 1. The fourth-order valence-corrected chi connectivity index (χ4v) is 8.64. The Hall–Kier alpha value is -5.24. The number of aromatic nitrogens is 8. The van der Waals surface area contributed by atoms with Crippen LogP contribution >= 0.6 is 16.9 Å². The van der Waals surface area contributed by atoms with Crippen molar-refractivity contribution in [2.75, 3.05) is 30.5 Å². The Kier molecular flexibility index (Phi) is 13.8. The van der Waals surface area contributed by atoms with Gasteiger partial charge in [0.05, 0.1) is 57.0 Å². The van der Waals surface area contributed by atoms with Gasteiger partial charge in [-0.15, -0.1) is 9.42 Å². The molecule has 0 bridgehead atoms. The monoisotopic (exact) mass is 882 g/mol. The first-order valence-corrected chi connectivity index (χ1v) is 21.3. The number of anilines is 2. The quantitative estimate of drug-likeness (QED) is 0.0661. The summed E-state index contributed by atoms with van der Waals surface area (Å²) in [7, 11) is -5.45. The molecule has 2 saturated heterocycles. The van der Waals surface area contributed by atoms with Crippen molar-refractivity contribution in [1.82, 2.24) is 39.1 Å². The van der Waals surface area contributed by atoms with E-state index in [1.807, 2.05) is 6.07 Å². The average Bonchev–Trinajstić information content (AvgIpc) is 4.01. The van der Waals surface area contributed by atoms with Gasteiger partial charge in [0.1, 0.15) is 24.6 Å². The Balaban J connectivity index is 1.12. The van der Waals surface area contributed by atoms with E-state index in [2.05, 4.69) is 40.7 Å². The number of aromatic amines is 1. The lowest BCUT2D eigenvalue weighted by molar-refractivity contribution is -0.118. The fourth-order valence-electron chi connectivity index (χ4n) is 6.90. The fraction of sp³-hybridized carbons (Fsp3) is 0.472. The molecule has 10 atom stereocenters. The molecule has 10 unspecified atom stereocenters. The number of ether oxygens (including phenoxy) is 2. The van der Waals surface area contributed by atoms with Crippen LogP contribution in [0, 0.1) is 29.1 Å². The largest absolute Gasteiger partial charge is 0.695 e. The maximum absolute atomic E-state index is 13.0. The van der Waals surface area contributed by atoms with Gasteiger partial charge in [0.25, 0.3) is 11.5 Å². The number of rotatable bonds is 17. The van der Waals surface area contributed by atoms with Gasteiger partial charge in [-0.2, -0.15) is 19.9 Å². The summed E-state index contributed by atoms with van der Waals surface area (Å²) in [6.07, 6.45) is -1.47. The minimum atomic E-state index is -3.11. The number of H-pyrrole nitrogens is 1. The van der Waals surface area contributed by atoms with E-state index in [1.165, 1.54) is 27.9 Å². The highest BCUT2D eigenvalue weighted by Gasteiger charge is 2.50. The van der Waals surface area contributed by atoms with Gasteiger partial charge in [-0.05, 0) is 12.1 Å². The van der Waals surface area contributed by atoms with Crippen molar-refractivity contribution < 1.29 is 51.7 Å². The standard InChI is InChI=1S/C36H41N11O12P2/c1-18(2)31(49)43-35-42-30-25(33(51)44-35)40-17-46(30)34-28(19(3)23(14-48)57-34)59-61(54-12-8-11-37)55-15-24-27(58-60(52)53)20(4)26(56-24)22-13-41-47-29(22)38-16-39-36(47)45-32(50)21-9-6-5-7-10-21/h5-7,9-10,13,16-20,23-24,26-28,34,48H,8,12,14-15H2,1-4H3,(H3-,38,39,41,42,43,44,45,49,50,51,52,53)/p+1. The number of hydrogen-bond acceptors (Lipinski definition) is 17. The van der Waals surface area contributed by atoms with Crippen molar-refractivity contribution in [3.8, 4) is 6.07 Å². The lowest BCUT2D eigenvalue weighted by atomic mass is 9.95. The predicted octanol–water partition coefficient (Wildman–Crippen LogP) is 3.30. The predicted molar refractivity (Wildman–Crippen MR) is 212 cm³/mol. The number of carbonyl (C=O) groups is 2. The van der Waals surface area contributed by atoms with E-state index in [0.29, 0.717) is 16.8 Å². The summed E-state index contributed by atoms with van der Waals surface area (Å²) >= 11 is 0. The van der Waals surface area contributed by atoms with Gasteiger partial charge < -0.3 is 28.2 Å². The molecule has 7 rings (SSSR count). The molecule has 322 valence electrons. The lowest BCUT2D eigenvalue weighted by Crippen LogP contribution is -2.31. The number of benzene rings is 1. The Morgan fingerprint density at radius 2 is 1.85 bits per heavy atom. The van der Waals surface area contributed by atoms with Gasteiger partial charge in [0.15, 0.2) is 23.0 Å². The van der Waals surface area contributed by atoms with Crippen LogP contribution < -0.4 is 16.2 Å². The summed E-state index contributed by atoms with van der Waals surface area (Å²) in [5.74, 6) is -2.30. The third kappa shape index (κ3) is 9.49. The van der Waals surface area contributed by atoms with E-state index >= 15 is 0 Å². The van der Waals surface area contributed by atoms with Crippen LogP contribution in [0.25, 0.3) is 16.8 Å². The van der Waals surface area contributed by atoms with Gasteiger partial charge in [0.2, 0.25) is 17.8 Å². The summed E-state index contributed by atoms with van der Waals surface area (Å²) in [5, 5.41) is 29.2. The summed E-state index contributed by atoms with van der Waals surface area (Å²) in [4.78, 5) is 68.0. The van der Waals surface area contributed by atoms with Crippen LogP contribution in [0.5, 0.6) is 0 Å². The van der Waals surface area contributed by atoms with Crippen molar-refractivity contribution in [2.45, 2.75) is 70.9 Å². The van der Waals surface area contributed by atoms with Gasteiger partial charge in [-0.3, -0.25) is 34.6 Å². The number of aliphatic hydroxyl groups excluding tert-OH is 1. The van der Waals surface area contributed by atoms with Gasteiger partial charge in [-0.1, -0.05) is 45.9 Å². The molecule has 1 aromatic carbocycles. The van der Waals surface area contributed by atoms with Crippen LogP contribution in [0.15, 0.2) is 54.0 Å². The van der Waals surface area contributed by atoms with Crippen LogP contribution in [0.2, 0.25) is 0 Å². The molecule has 0 saturated carbocycles. The Bertz CT molecular complexity index is 2480. The molecule has 0 aliphatic carbocycles. The number of carbonyl (C=O) groups excluding carboxylic acids is 2. The van der Waals surface area contributed by atoms with E-state index in [1.54, 1.807) is 58.0 Å². The van der Waals surface area contributed by atoms with Crippen molar-refractivity contribution >= 4 is 57.4 Å². The first-order valence-electron chi connectivity index (χ1n) is 19.1. The van der Waals surface area contributed by atoms with Crippen LogP contribution in [-0.2, 0) is 36.9 Å². The molecule has 4 aromatic heterocycles. The number of amides is 2. The van der Waals surface area contributed by atoms with Crippen LogP contribution in [0.1, 0.15) is 62.4 Å². The molecule has 25 heteroatoms. The molecule has 5 N–H and O–H groups in total. The molecule has 0 spiro atoms. The second-order valence-electron chi connectivity index (χ2n) is 14.4. The molecule has 2 fully saturated rings. The normalized spacial score (nSPS) is 24.6. The molecular weight excluding hydrogens is 840 g/mol. The average molecular weight is 883 g/mol. The van der Waals surface area contributed by atoms with Gasteiger partial charge in [-0.25, -0.2) is 15.0 Å². The van der Waals surface area contributed by atoms with E-state index in [9.17, 15) is 34.2 Å². The van der Waals surface area contributed by atoms with E-state index in [4.69, 9.17) is 27.6 Å². The summed E-state index contributed by atoms with van der Waals surface area (Å²) in [6.45, 7) is 6.11. The number of nitriles is 1. The second kappa shape index (κ2) is 19.2. The third-order valence-corrected chi connectivity index (χ3v) is 11.7. The molecule has 23 nitrogen and oxygen atoms in total. The highest BCUT2D eigenvalue weighted by molar-refractivity contribution is 7.41. The second-order valence-corrected chi connectivity index (χ2v) is 16.3. The zero-order valence-corrected chi connectivity index (χ0v) is 34.9. The summed E-state index contributed by atoms with van der Waals surface area (Å²) in [6, 6.07) is 10.5. The lowest BCUT2D eigenvalue weighted by Gasteiger charge is -2.27. The third-order valence-electron chi connectivity index (χ3n) is 10.1. The van der Waals surface area contributed by atoms with E-state index < -0.39 is 89.4 Å². The molecule has 5 aromatic rings. The molecule has 0 radical (unpaired) electrons. The van der Waals surface area contributed by atoms with Gasteiger partial charge >= 0.3 is 16.9 Å². The number of nitrogens with zero attached hydrogens (tertiary/aromatic N) is 8. The number of aliphatic hydroxyl groups is 1. The first kappa shape index (κ1) is 43.8. The van der Waals surface area contributed by atoms with Crippen molar-refractivity contribution in [3.05, 3.63) is 70.7 Å². The summed E-state index contributed by atoms with van der Waals surface area (Å²) in [5.41, 5.74) is 0.569. The van der Waals surface area contributed by atoms with Crippen LogP contribution in [0.3, 0.4) is 0 Å². The minimum absolute atomic E-state index is 0.0190. The zero-order chi connectivity index (χ0) is 43.4. The Labute approximate surface area is 348 Å². The maximum atomic E-state index is 13.0. The van der Waals surface area contributed by atoms with E-state index in [-0.39, 0.29) is 48.6 Å². The van der Waals surface area contributed by atoms with Crippen LogP contribution in [0.4, 0.5) is 11.9 Å². The van der Waals surface area contributed by atoms with Crippen molar-refractivity contribution in [2.24, 2.45) is 17.8 Å². The number of nitrogens with one attached hydrogen (secondary N) is 3. The molecule has 2 amide bonds. The molecule has 2 aliphatic heterocycles. The van der Waals surface area contributed by atoms with Crippen molar-refractivity contribution in [1.29, 1.82) is 5.26 Å². The smallest absolute Gasteiger partial charge is 0.394 e. The van der Waals surface area contributed by atoms with E-state index in [0.717, 1.165) is 0 Å². The SMILES string of the molecule is CC(C)C(=O)Nc1nc2c(ncn2C2OC(CO)C(C)C2OP(OCCC#N)OCC2OC(c3cnn4c(NC(=O)c5ccccc5)ncnc34)C(C)C2O[P+](=O)O)c(=O)[nH]1. The molecular formula is C36H42N11O12P2+.